The van der Waals surface area contributed by atoms with Crippen LogP contribution in [0.25, 0.3) is 0 Å². The Morgan fingerprint density at radius 2 is 1.72 bits per heavy atom. The second-order valence-corrected chi connectivity index (χ2v) is 11.1. The van der Waals surface area contributed by atoms with Gasteiger partial charge in [-0.1, -0.05) is 6.92 Å². The van der Waals surface area contributed by atoms with Crippen LogP contribution in [0.15, 0.2) is 0 Å². The van der Waals surface area contributed by atoms with E-state index in [-0.39, 0.29) is 22.8 Å². The molecule has 0 amide bonds. The number of sulfonamides is 1. The molecule has 2 aliphatic carbocycles. The van der Waals surface area contributed by atoms with Gasteiger partial charge in [-0.15, -0.1) is 11.6 Å². The van der Waals surface area contributed by atoms with Crippen LogP contribution in [0.3, 0.4) is 0 Å². The van der Waals surface area contributed by atoms with Gasteiger partial charge in [0.1, 0.15) is 0 Å². The van der Waals surface area contributed by atoms with E-state index in [0.717, 1.165) is 44.9 Å². The summed E-state index contributed by atoms with van der Waals surface area (Å²) < 4.78 is 28.6. The highest BCUT2D eigenvalue weighted by Crippen LogP contribution is 2.39. The van der Waals surface area contributed by atoms with Crippen molar-refractivity contribution in [1.82, 2.24) is 10.2 Å². The summed E-state index contributed by atoms with van der Waals surface area (Å²) in [5.41, 5.74) is 3.08. The molecule has 1 heterocycles. The zero-order valence-electron chi connectivity index (χ0n) is 15.6. The highest BCUT2D eigenvalue weighted by Gasteiger charge is 2.41. The van der Waals surface area contributed by atoms with Crippen LogP contribution >= 0.6 is 11.6 Å². The number of nitrogens with one attached hydrogen (secondary N) is 2. The third-order valence-electron chi connectivity index (χ3n) is 6.69. The topological polar surface area (TPSA) is 67.4 Å². The van der Waals surface area contributed by atoms with Crippen molar-refractivity contribution in [1.29, 1.82) is 0 Å². The first-order valence-corrected chi connectivity index (χ1v) is 11.8. The molecule has 0 spiro atoms. The van der Waals surface area contributed by atoms with E-state index < -0.39 is 10.0 Å². The summed E-state index contributed by atoms with van der Waals surface area (Å²) in [5.74, 6) is 1.51. The number of hydroxylamine groups is 1. The van der Waals surface area contributed by atoms with Crippen molar-refractivity contribution in [3.05, 3.63) is 0 Å². The van der Waals surface area contributed by atoms with Gasteiger partial charge >= 0.3 is 0 Å². The van der Waals surface area contributed by atoms with Crippen LogP contribution < -0.4 is 10.2 Å². The Hall–Kier alpha value is 0.120. The maximum Gasteiger partial charge on any atom is 0.214 e. The lowest BCUT2D eigenvalue weighted by Gasteiger charge is -2.36. The quantitative estimate of drug-likeness (QED) is 0.721. The molecular formula is C18H33ClN2O3S. The van der Waals surface area contributed by atoms with E-state index in [0.29, 0.717) is 23.8 Å². The molecule has 2 N–H and O–H groups in total. The molecule has 0 radical (unpaired) electrons. The molecule has 2 saturated carbocycles. The third kappa shape index (κ3) is 4.52. The van der Waals surface area contributed by atoms with Crippen LogP contribution in [0.4, 0.5) is 0 Å². The molecule has 6 atom stereocenters. The molecule has 1 aliphatic heterocycles. The molecule has 7 heteroatoms. The van der Waals surface area contributed by atoms with Gasteiger partial charge in [0, 0.05) is 23.4 Å². The SMILES string of the molecule is CC1CCC(NS(=O)(=O)C2CCC(C3C(C)NOC3C)CC2)CC1Cl. The number of rotatable bonds is 4. The minimum Gasteiger partial charge on any atom is -0.298 e. The highest BCUT2D eigenvalue weighted by molar-refractivity contribution is 7.90. The van der Waals surface area contributed by atoms with E-state index in [9.17, 15) is 8.42 Å². The summed E-state index contributed by atoms with van der Waals surface area (Å²) in [6.45, 7) is 6.41. The van der Waals surface area contributed by atoms with Crippen molar-refractivity contribution < 1.29 is 13.3 Å². The van der Waals surface area contributed by atoms with Gasteiger partial charge in [0.05, 0.1) is 11.4 Å². The Kier molecular flexibility index (Phi) is 6.37. The highest BCUT2D eigenvalue weighted by atomic mass is 35.5. The van der Waals surface area contributed by atoms with E-state index in [1.54, 1.807) is 0 Å². The molecule has 3 fully saturated rings. The van der Waals surface area contributed by atoms with Crippen molar-refractivity contribution in [2.24, 2.45) is 17.8 Å². The average Bonchev–Trinajstić information content (AvgIpc) is 2.90. The zero-order chi connectivity index (χ0) is 18.2. The second-order valence-electron chi connectivity index (χ2n) is 8.51. The van der Waals surface area contributed by atoms with Crippen molar-refractivity contribution in [2.45, 2.75) is 94.5 Å². The number of hydrogen-bond acceptors (Lipinski definition) is 4. The van der Waals surface area contributed by atoms with Gasteiger partial charge in [0.25, 0.3) is 0 Å². The minimum atomic E-state index is -3.25. The lowest BCUT2D eigenvalue weighted by atomic mass is 9.75. The smallest absolute Gasteiger partial charge is 0.214 e. The molecule has 0 aromatic rings. The Bertz CT molecular complexity index is 541. The molecule has 6 unspecified atom stereocenters. The molecule has 3 rings (SSSR count). The summed E-state index contributed by atoms with van der Waals surface area (Å²) in [6.07, 6.45) is 6.30. The van der Waals surface area contributed by atoms with E-state index in [1.807, 2.05) is 0 Å². The fourth-order valence-electron chi connectivity index (χ4n) is 5.06. The fourth-order valence-corrected chi connectivity index (χ4v) is 7.16. The summed E-state index contributed by atoms with van der Waals surface area (Å²) in [4.78, 5) is 5.55. The van der Waals surface area contributed by atoms with Crippen molar-refractivity contribution in [3.63, 3.8) is 0 Å². The van der Waals surface area contributed by atoms with Crippen molar-refractivity contribution in [3.8, 4) is 0 Å². The Labute approximate surface area is 157 Å². The standard InChI is InChI=1S/C18H33ClN2O3S/c1-11-4-7-15(10-17(11)19)21-25(22,23)16-8-5-14(6-9-16)18-12(2)20-24-13(18)3/h11-18,20-21H,4-10H2,1-3H3. The van der Waals surface area contributed by atoms with Gasteiger partial charge in [-0.3, -0.25) is 4.84 Å². The van der Waals surface area contributed by atoms with Gasteiger partial charge in [-0.25, -0.2) is 13.1 Å². The van der Waals surface area contributed by atoms with Gasteiger partial charge in [-0.05, 0) is 70.6 Å². The summed E-state index contributed by atoms with van der Waals surface area (Å²) in [7, 11) is -3.25. The normalized spacial score (nSPS) is 46.2. The van der Waals surface area contributed by atoms with E-state index >= 15 is 0 Å². The van der Waals surface area contributed by atoms with Crippen LogP contribution in [0.1, 0.15) is 65.7 Å². The molecule has 1 saturated heterocycles. The molecule has 0 bridgehead atoms. The molecule has 146 valence electrons. The predicted octanol–water partition coefficient (Wildman–Crippen LogP) is 3.19. The molecule has 5 nitrogen and oxygen atoms in total. The molecule has 0 aromatic carbocycles. The second kappa shape index (κ2) is 8.01. The molecule has 3 aliphatic rings. The van der Waals surface area contributed by atoms with Gasteiger partial charge < -0.3 is 0 Å². The molecular weight excluding hydrogens is 360 g/mol. The van der Waals surface area contributed by atoms with Crippen molar-refractivity contribution in [2.75, 3.05) is 0 Å². The molecule has 25 heavy (non-hydrogen) atoms. The van der Waals surface area contributed by atoms with Gasteiger partial charge in [0.15, 0.2) is 0 Å². The van der Waals surface area contributed by atoms with E-state index in [2.05, 4.69) is 31.0 Å². The first kappa shape index (κ1) is 19.9. The third-order valence-corrected chi connectivity index (χ3v) is 9.31. The Morgan fingerprint density at radius 3 is 2.28 bits per heavy atom. The first-order chi connectivity index (χ1) is 11.8. The van der Waals surface area contributed by atoms with Gasteiger partial charge in [-0.2, -0.15) is 5.48 Å². The van der Waals surface area contributed by atoms with Crippen LogP contribution in [-0.4, -0.2) is 37.2 Å². The maximum atomic E-state index is 12.8. The van der Waals surface area contributed by atoms with E-state index in [4.69, 9.17) is 16.4 Å². The monoisotopic (exact) mass is 392 g/mol. The minimum absolute atomic E-state index is 0.00824. The van der Waals surface area contributed by atoms with Crippen LogP contribution in [0.5, 0.6) is 0 Å². The largest absolute Gasteiger partial charge is 0.298 e. The average molecular weight is 393 g/mol. The predicted molar refractivity (Wildman–Crippen MR) is 101 cm³/mol. The number of halogens is 1. The maximum absolute atomic E-state index is 12.8. The Morgan fingerprint density at radius 1 is 1.04 bits per heavy atom. The Balaban J connectivity index is 1.53. The fraction of sp³-hybridized carbons (Fsp3) is 1.00. The van der Waals surface area contributed by atoms with Gasteiger partial charge in [0.2, 0.25) is 10.0 Å². The summed E-state index contributed by atoms with van der Waals surface area (Å²) >= 11 is 6.34. The lowest BCUT2D eigenvalue weighted by Crippen LogP contribution is -2.46. The van der Waals surface area contributed by atoms with E-state index in [1.165, 1.54) is 0 Å². The first-order valence-electron chi connectivity index (χ1n) is 9.84. The summed E-state index contributed by atoms with van der Waals surface area (Å²) in [5, 5.41) is -0.173. The number of alkyl halides is 1. The van der Waals surface area contributed by atoms with Crippen LogP contribution in [0.2, 0.25) is 0 Å². The summed E-state index contributed by atoms with van der Waals surface area (Å²) in [6, 6.07) is 0.352. The van der Waals surface area contributed by atoms with Crippen LogP contribution in [-0.2, 0) is 14.9 Å². The van der Waals surface area contributed by atoms with Crippen LogP contribution in [0, 0.1) is 17.8 Å². The van der Waals surface area contributed by atoms with Crippen molar-refractivity contribution >= 4 is 21.6 Å². The number of hydrogen-bond donors (Lipinski definition) is 2. The zero-order valence-corrected chi connectivity index (χ0v) is 17.2. The molecule has 0 aromatic heterocycles. The lowest BCUT2D eigenvalue weighted by molar-refractivity contribution is 0.0227.